The highest BCUT2D eigenvalue weighted by atomic mass is 16.7. The lowest BCUT2D eigenvalue weighted by Gasteiger charge is -2.22. The Morgan fingerprint density at radius 3 is 1.62 bits per heavy atom. The summed E-state index contributed by atoms with van der Waals surface area (Å²) in [5, 5.41) is 1.84. The predicted octanol–water partition coefficient (Wildman–Crippen LogP) is 10.7. The molecule has 212 valence electrons. The Morgan fingerprint density at radius 2 is 1.11 bits per heavy atom. The second-order valence-corrected chi connectivity index (χ2v) is 11.5. The lowest BCUT2D eigenvalue weighted by atomic mass is 9.94. The molecule has 0 aromatic heterocycles. The zero-order chi connectivity index (χ0) is 26.4. The van der Waals surface area contributed by atoms with Crippen LogP contribution in [-0.4, -0.2) is 12.5 Å². The number of para-hydroxylation sites is 1. The van der Waals surface area contributed by atoms with Crippen molar-refractivity contribution in [2.24, 2.45) is 5.92 Å². The van der Waals surface area contributed by atoms with Crippen LogP contribution in [0, 0.1) is 5.92 Å². The summed E-state index contributed by atoms with van der Waals surface area (Å²) in [4.78, 5) is 19.0. The van der Waals surface area contributed by atoms with Crippen LogP contribution in [0.2, 0.25) is 0 Å². The first-order valence-electron chi connectivity index (χ1n) is 16.3. The van der Waals surface area contributed by atoms with Crippen molar-refractivity contribution in [3.63, 3.8) is 0 Å². The van der Waals surface area contributed by atoms with E-state index >= 15 is 0 Å². The van der Waals surface area contributed by atoms with Crippen LogP contribution >= 0.6 is 0 Å². The van der Waals surface area contributed by atoms with Gasteiger partial charge < -0.3 is 4.84 Å². The molecule has 0 radical (unpaired) electrons. The lowest BCUT2D eigenvalue weighted by molar-refractivity contribution is -0.150. The average molecular weight is 514 g/mol. The molecule has 1 aliphatic rings. The minimum atomic E-state index is -0.00541. The molecule has 1 heterocycles. The number of benzene rings is 1. The molecule has 0 bridgehead atoms. The third kappa shape index (κ3) is 14.3. The molecule has 0 saturated heterocycles. The van der Waals surface area contributed by atoms with Gasteiger partial charge >= 0.3 is 5.97 Å². The Kier molecular flexibility index (Phi) is 18.4. The van der Waals surface area contributed by atoms with E-state index in [1.807, 2.05) is 11.1 Å². The number of hydrogen-bond donors (Lipinski definition) is 0. The smallest absolute Gasteiger partial charge is 0.335 e. The maximum Gasteiger partial charge on any atom is 0.335 e. The van der Waals surface area contributed by atoms with Gasteiger partial charge in [0.15, 0.2) is 0 Å². The highest BCUT2D eigenvalue weighted by Gasteiger charge is 2.26. The third-order valence-corrected chi connectivity index (χ3v) is 8.19. The van der Waals surface area contributed by atoms with Crippen molar-refractivity contribution in [3.8, 4) is 0 Å². The molecule has 0 amide bonds. The van der Waals surface area contributed by atoms with Gasteiger partial charge in [-0.25, -0.2) is 9.86 Å². The van der Waals surface area contributed by atoms with Crippen LogP contribution in [0.1, 0.15) is 161 Å². The van der Waals surface area contributed by atoms with Crippen LogP contribution in [0.5, 0.6) is 0 Å². The van der Waals surface area contributed by atoms with Crippen LogP contribution < -0.4 is 5.06 Å². The number of hydrogen-bond acceptors (Lipinski definition) is 3. The summed E-state index contributed by atoms with van der Waals surface area (Å²) >= 11 is 0. The van der Waals surface area contributed by atoms with Gasteiger partial charge in [0, 0.05) is 0 Å². The Hall–Kier alpha value is -1.51. The molecule has 1 unspecified atom stereocenters. The lowest BCUT2D eigenvalue weighted by Crippen LogP contribution is -2.29. The van der Waals surface area contributed by atoms with E-state index in [4.69, 9.17) is 4.84 Å². The summed E-state index contributed by atoms with van der Waals surface area (Å²) in [7, 11) is 0. The first-order valence-corrected chi connectivity index (χ1v) is 16.3. The van der Waals surface area contributed by atoms with Gasteiger partial charge in [-0.05, 0) is 30.9 Å². The molecular weight excluding hydrogens is 454 g/mol. The number of rotatable bonds is 24. The van der Waals surface area contributed by atoms with Gasteiger partial charge in [0.25, 0.3) is 0 Å². The minimum Gasteiger partial charge on any atom is -0.341 e. The quantitative estimate of drug-likeness (QED) is 0.129. The van der Waals surface area contributed by atoms with E-state index in [9.17, 15) is 4.79 Å². The minimum absolute atomic E-state index is 0.00541. The Labute approximate surface area is 230 Å². The maximum atomic E-state index is 13.1. The van der Waals surface area contributed by atoms with E-state index < -0.39 is 0 Å². The largest absolute Gasteiger partial charge is 0.341 e. The normalized spacial score (nSPS) is 13.6. The number of nitrogens with zero attached hydrogens (tertiary/aromatic N) is 1. The number of unbranched alkanes of at least 4 members (excludes halogenated alkanes) is 18. The molecule has 3 nitrogen and oxygen atoms in total. The Morgan fingerprint density at radius 1 is 0.676 bits per heavy atom. The first kappa shape index (κ1) is 31.7. The topological polar surface area (TPSA) is 29.5 Å². The average Bonchev–Trinajstić information content (AvgIpc) is 3.32. The van der Waals surface area contributed by atoms with Crippen molar-refractivity contribution in [2.75, 3.05) is 11.6 Å². The molecule has 2 rings (SSSR count). The summed E-state index contributed by atoms with van der Waals surface area (Å²) < 4.78 is 0. The first-order chi connectivity index (χ1) is 18.3. The van der Waals surface area contributed by atoms with Gasteiger partial charge in [-0.2, -0.15) is 0 Å². The van der Waals surface area contributed by atoms with E-state index in [1.165, 1.54) is 121 Å². The standard InChI is InChI=1S/C34H59NO2/c1-3-5-7-9-10-11-12-13-14-15-16-17-18-19-20-22-27-32(26-21-8-6-4-2)34(36)37-35-30-29-31-25-23-24-28-33(31)35/h23-25,28,32H,3-22,26-27,29-30H2,1-2H3. The van der Waals surface area contributed by atoms with E-state index in [1.54, 1.807) is 0 Å². The van der Waals surface area contributed by atoms with Gasteiger partial charge in [0.05, 0.1) is 18.2 Å². The molecule has 0 saturated carbocycles. The number of carbonyl (C=O) groups excluding carboxylic acids is 1. The Balaban J connectivity index is 1.53. The highest BCUT2D eigenvalue weighted by Crippen LogP contribution is 2.29. The fourth-order valence-corrected chi connectivity index (χ4v) is 5.72. The van der Waals surface area contributed by atoms with Crippen molar-refractivity contribution in [2.45, 2.75) is 162 Å². The molecular formula is C34H59NO2. The van der Waals surface area contributed by atoms with Gasteiger partial charge in [0.2, 0.25) is 0 Å². The molecule has 0 spiro atoms. The fourth-order valence-electron chi connectivity index (χ4n) is 5.72. The molecule has 37 heavy (non-hydrogen) atoms. The molecule has 1 aromatic rings. The van der Waals surface area contributed by atoms with Crippen molar-refractivity contribution in [1.82, 2.24) is 0 Å². The molecule has 0 aliphatic carbocycles. The van der Waals surface area contributed by atoms with Crippen LogP contribution in [-0.2, 0) is 16.1 Å². The van der Waals surface area contributed by atoms with Crippen molar-refractivity contribution in [3.05, 3.63) is 29.8 Å². The van der Waals surface area contributed by atoms with Crippen LogP contribution in [0.15, 0.2) is 24.3 Å². The maximum absolute atomic E-state index is 13.1. The van der Waals surface area contributed by atoms with Crippen molar-refractivity contribution >= 4 is 11.7 Å². The highest BCUT2D eigenvalue weighted by molar-refractivity contribution is 5.74. The van der Waals surface area contributed by atoms with E-state index in [-0.39, 0.29) is 11.9 Å². The molecule has 0 fully saturated rings. The van der Waals surface area contributed by atoms with Gasteiger partial charge in [-0.15, -0.1) is 0 Å². The van der Waals surface area contributed by atoms with Crippen LogP contribution in [0.3, 0.4) is 0 Å². The second-order valence-electron chi connectivity index (χ2n) is 11.5. The van der Waals surface area contributed by atoms with Gasteiger partial charge in [0.1, 0.15) is 0 Å². The van der Waals surface area contributed by atoms with Gasteiger partial charge in [-0.1, -0.05) is 160 Å². The molecule has 1 atom stereocenters. The van der Waals surface area contributed by atoms with E-state index in [2.05, 4.69) is 32.0 Å². The summed E-state index contributed by atoms with van der Waals surface area (Å²) in [5.74, 6) is 0.0467. The van der Waals surface area contributed by atoms with Crippen molar-refractivity contribution < 1.29 is 9.63 Å². The summed E-state index contributed by atoms with van der Waals surface area (Å²) in [6.45, 7) is 5.32. The van der Waals surface area contributed by atoms with E-state index in [0.717, 1.165) is 44.3 Å². The molecule has 0 N–H and O–H groups in total. The fraction of sp³-hybridized carbons (Fsp3) is 0.794. The Bertz CT molecular complexity index is 688. The summed E-state index contributed by atoms with van der Waals surface area (Å²) in [6, 6.07) is 8.31. The number of carbonyl (C=O) groups is 1. The predicted molar refractivity (Wildman–Crippen MR) is 160 cm³/mol. The number of fused-ring (bicyclic) bond motifs is 1. The van der Waals surface area contributed by atoms with E-state index in [0.29, 0.717) is 0 Å². The zero-order valence-electron chi connectivity index (χ0n) is 24.6. The van der Waals surface area contributed by atoms with Crippen LogP contribution in [0.25, 0.3) is 0 Å². The molecule has 1 aromatic carbocycles. The number of hydroxylamine groups is 1. The van der Waals surface area contributed by atoms with Crippen molar-refractivity contribution in [1.29, 1.82) is 0 Å². The molecule has 3 heteroatoms. The summed E-state index contributed by atoms with van der Waals surface area (Å²) in [5.41, 5.74) is 2.36. The van der Waals surface area contributed by atoms with Gasteiger partial charge in [-0.3, -0.25) is 0 Å². The summed E-state index contributed by atoms with van der Waals surface area (Å²) in [6.07, 6.45) is 29.9. The second kappa shape index (κ2) is 21.4. The zero-order valence-corrected chi connectivity index (χ0v) is 24.6. The number of anilines is 1. The van der Waals surface area contributed by atoms with Crippen LogP contribution in [0.4, 0.5) is 5.69 Å². The monoisotopic (exact) mass is 513 g/mol. The third-order valence-electron chi connectivity index (χ3n) is 8.19. The molecule has 1 aliphatic heterocycles. The SMILES string of the molecule is CCCCCCCCCCCCCCCCCCC(CCCCCC)C(=O)ON1CCc2ccccc21.